The molecule has 0 radical (unpaired) electrons. The Morgan fingerprint density at radius 3 is 2.79 bits per heavy atom. The van der Waals surface area contributed by atoms with Gasteiger partial charge in [0, 0.05) is 23.2 Å². The van der Waals surface area contributed by atoms with Crippen LogP contribution in [0.3, 0.4) is 0 Å². The summed E-state index contributed by atoms with van der Waals surface area (Å²) in [5, 5.41) is 33.6. The Bertz CT molecular complexity index is 1290. The number of hydrogen-bond acceptors (Lipinski definition) is 7. The number of aryl methyl sites for hydroxylation is 1. The number of aliphatic hydroxyl groups is 3. The molecule has 8 nitrogen and oxygen atoms in total. The van der Waals surface area contributed by atoms with Gasteiger partial charge in [-0.3, -0.25) is 0 Å². The second kappa shape index (κ2) is 8.70. The molecule has 1 aliphatic rings. The molecule has 1 unspecified atom stereocenters. The fraction of sp³-hybridized carbons (Fsp3) is 0.400. The molecule has 0 bridgehead atoms. The molecule has 1 aromatic carbocycles. The zero-order chi connectivity index (χ0) is 23.1. The quantitative estimate of drug-likeness (QED) is 0.357. The van der Waals surface area contributed by atoms with Crippen molar-refractivity contribution in [3.05, 3.63) is 60.2 Å². The highest BCUT2D eigenvalue weighted by molar-refractivity contribution is 5.82. The Hall–Kier alpha value is -3.07. The van der Waals surface area contributed by atoms with Crippen molar-refractivity contribution < 1.29 is 15.3 Å². The van der Waals surface area contributed by atoms with E-state index in [2.05, 4.69) is 21.0 Å². The molecule has 3 heterocycles. The van der Waals surface area contributed by atoms with Gasteiger partial charge in [-0.25, -0.2) is 15.0 Å². The monoisotopic (exact) mass is 447 g/mol. The molecule has 5 N–H and O–H groups in total. The lowest BCUT2D eigenvalue weighted by molar-refractivity contribution is 0.00544. The van der Waals surface area contributed by atoms with Gasteiger partial charge in [-0.1, -0.05) is 0 Å². The second-order valence-electron chi connectivity index (χ2n) is 9.21. The summed E-state index contributed by atoms with van der Waals surface area (Å²) in [6.45, 7) is 1.78. The van der Waals surface area contributed by atoms with Gasteiger partial charge < -0.3 is 25.6 Å². The number of anilines is 1. The van der Waals surface area contributed by atoms with Crippen molar-refractivity contribution in [3.63, 3.8) is 0 Å². The Morgan fingerprint density at radius 1 is 1.12 bits per heavy atom. The molecule has 0 spiro atoms. The molecule has 1 saturated carbocycles. The summed E-state index contributed by atoms with van der Waals surface area (Å²) < 4.78 is 1.95. The first kappa shape index (κ1) is 21.8. The van der Waals surface area contributed by atoms with E-state index in [1.165, 1.54) is 6.33 Å². The molecule has 0 saturated heterocycles. The van der Waals surface area contributed by atoms with Crippen molar-refractivity contribution in [1.82, 2.24) is 19.5 Å². The zero-order valence-corrected chi connectivity index (χ0v) is 18.5. The van der Waals surface area contributed by atoms with E-state index >= 15 is 0 Å². The normalized spacial score (nSPS) is 24.0. The van der Waals surface area contributed by atoms with Gasteiger partial charge in [-0.15, -0.1) is 0 Å². The molecule has 1 fully saturated rings. The number of rotatable bonds is 6. The van der Waals surface area contributed by atoms with Gasteiger partial charge in [0.25, 0.3) is 0 Å². The molecule has 0 aliphatic heterocycles. The fourth-order valence-corrected chi connectivity index (χ4v) is 5.19. The van der Waals surface area contributed by atoms with Crippen molar-refractivity contribution in [3.8, 4) is 0 Å². The van der Waals surface area contributed by atoms with E-state index in [-0.39, 0.29) is 12.0 Å². The number of benzene rings is 1. The van der Waals surface area contributed by atoms with Gasteiger partial charge in [0.05, 0.1) is 23.8 Å². The first-order chi connectivity index (χ1) is 15.9. The van der Waals surface area contributed by atoms with Crippen LogP contribution in [0.15, 0.2) is 49.1 Å². The number of pyridine rings is 1. The van der Waals surface area contributed by atoms with Gasteiger partial charge in [-0.05, 0) is 80.0 Å². The minimum absolute atomic E-state index is 0.0619. The van der Waals surface area contributed by atoms with Gasteiger partial charge >= 0.3 is 0 Å². The lowest BCUT2D eigenvalue weighted by Gasteiger charge is -2.19. The van der Waals surface area contributed by atoms with Crippen LogP contribution in [0.4, 0.5) is 5.82 Å². The maximum Gasteiger partial charge on any atom is 0.143 e. The predicted octanol–water partition coefficient (Wildman–Crippen LogP) is 2.40. The highest BCUT2D eigenvalue weighted by Gasteiger charge is 2.42. The molecule has 8 heteroatoms. The lowest BCUT2D eigenvalue weighted by atomic mass is 9.91. The van der Waals surface area contributed by atoms with Gasteiger partial charge in [-0.2, -0.15) is 0 Å². The van der Waals surface area contributed by atoms with E-state index in [1.54, 1.807) is 19.2 Å². The molecule has 1 aliphatic carbocycles. The summed E-state index contributed by atoms with van der Waals surface area (Å²) in [7, 11) is 0. The molecular formula is C25H29N5O3. The minimum atomic E-state index is -0.865. The molecule has 5 rings (SSSR count). The van der Waals surface area contributed by atoms with Gasteiger partial charge in [0.2, 0.25) is 0 Å². The van der Waals surface area contributed by atoms with E-state index in [0.717, 1.165) is 33.1 Å². The third-order valence-electron chi connectivity index (χ3n) is 6.84. The number of hydrogen-bond donors (Lipinski definition) is 4. The van der Waals surface area contributed by atoms with E-state index in [1.807, 2.05) is 29.0 Å². The third kappa shape index (κ3) is 4.17. The topological polar surface area (TPSA) is 130 Å². The summed E-state index contributed by atoms with van der Waals surface area (Å²) >= 11 is 0. The van der Waals surface area contributed by atoms with Crippen LogP contribution in [0.5, 0.6) is 0 Å². The van der Waals surface area contributed by atoms with Crippen molar-refractivity contribution in [1.29, 1.82) is 0 Å². The molecule has 4 aromatic rings. The van der Waals surface area contributed by atoms with Crippen LogP contribution in [0.2, 0.25) is 0 Å². The van der Waals surface area contributed by atoms with Crippen LogP contribution in [0.1, 0.15) is 36.9 Å². The summed E-state index contributed by atoms with van der Waals surface area (Å²) in [5.41, 5.74) is 9.62. The minimum Gasteiger partial charge on any atom is -0.393 e. The maximum absolute atomic E-state index is 10.8. The highest BCUT2D eigenvalue weighted by Crippen LogP contribution is 2.39. The first-order valence-corrected chi connectivity index (χ1v) is 11.4. The molecule has 5 atom stereocenters. The van der Waals surface area contributed by atoms with Crippen LogP contribution in [0.25, 0.3) is 21.9 Å². The van der Waals surface area contributed by atoms with E-state index < -0.39 is 18.3 Å². The molecule has 172 valence electrons. The van der Waals surface area contributed by atoms with Crippen molar-refractivity contribution >= 4 is 27.8 Å². The Morgan fingerprint density at radius 2 is 1.97 bits per heavy atom. The van der Waals surface area contributed by atoms with Crippen LogP contribution in [-0.2, 0) is 12.8 Å². The molecular weight excluding hydrogens is 418 g/mol. The summed E-state index contributed by atoms with van der Waals surface area (Å²) in [6, 6.07) is 9.51. The average Bonchev–Trinajstić information content (AvgIpc) is 3.33. The summed E-state index contributed by atoms with van der Waals surface area (Å²) in [5.74, 6) is 0.407. The molecule has 33 heavy (non-hydrogen) atoms. The number of aliphatic hydroxyl groups excluding tert-OH is 3. The number of nitrogen functional groups attached to an aromatic ring is 1. The lowest BCUT2D eigenvalue weighted by Crippen LogP contribution is -2.29. The van der Waals surface area contributed by atoms with Crippen LogP contribution < -0.4 is 5.73 Å². The predicted molar refractivity (Wildman–Crippen MR) is 127 cm³/mol. The Labute approximate surface area is 191 Å². The molecule has 3 aromatic heterocycles. The zero-order valence-electron chi connectivity index (χ0n) is 18.5. The van der Waals surface area contributed by atoms with E-state index in [9.17, 15) is 15.3 Å². The summed E-state index contributed by atoms with van der Waals surface area (Å²) in [4.78, 5) is 12.9. The number of fused-ring (bicyclic) bond motifs is 2. The SMILES string of the molecule is CC(O)Cc1cc2ccc(N)nc2cc1CC[C@H]1C[C@@H](n2ccc3cncnc32)[C@H](O)[C@@H]1O. The van der Waals surface area contributed by atoms with Crippen LogP contribution >= 0.6 is 0 Å². The fourth-order valence-electron chi connectivity index (χ4n) is 5.19. The number of nitrogens with zero attached hydrogens (tertiary/aromatic N) is 4. The Kier molecular flexibility index (Phi) is 5.74. The molecule has 0 amide bonds. The largest absolute Gasteiger partial charge is 0.393 e. The van der Waals surface area contributed by atoms with Crippen molar-refractivity contribution in [2.24, 2.45) is 5.92 Å². The third-order valence-corrected chi connectivity index (χ3v) is 6.84. The number of aromatic nitrogens is 4. The number of nitrogens with two attached hydrogens (primary N) is 1. The van der Waals surface area contributed by atoms with E-state index in [4.69, 9.17) is 5.73 Å². The van der Waals surface area contributed by atoms with Crippen molar-refractivity contribution in [2.75, 3.05) is 5.73 Å². The maximum atomic E-state index is 10.8. The van der Waals surface area contributed by atoms with Crippen molar-refractivity contribution in [2.45, 2.75) is 57.0 Å². The standard InChI is InChI=1S/C25H29N5O3/c1-14(31)8-19-9-16-4-5-22(26)29-20(16)10-15(19)2-3-17-11-21(24(33)23(17)32)30-7-6-18-12-27-13-28-25(18)30/h4-7,9-10,12-14,17,21,23-24,31-33H,2-3,8,11H2,1H3,(H2,26,29)/t14?,17-,21+,23+,24-/m0/s1. The first-order valence-electron chi connectivity index (χ1n) is 11.4. The second-order valence-corrected chi connectivity index (χ2v) is 9.21. The highest BCUT2D eigenvalue weighted by atomic mass is 16.3. The van der Waals surface area contributed by atoms with Crippen LogP contribution in [0, 0.1) is 5.92 Å². The van der Waals surface area contributed by atoms with Gasteiger partial charge in [0.1, 0.15) is 23.9 Å². The smallest absolute Gasteiger partial charge is 0.143 e. The van der Waals surface area contributed by atoms with E-state index in [0.29, 0.717) is 31.5 Å². The Balaban J connectivity index is 1.38. The average molecular weight is 448 g/mol. The van der Waals surface area contributed by atoms with Crippen LogP contribution in [-0.4, -0.2) is 53.2 Å². The summed E-state index contributed by atoms with van der Waals surface area (Å²) in [6.07, 6.45) is 5.63. The van der Waals surface area contributed by atoms with Gasteiger partial charge in [0.15, 0.2) is 0 Å².